The molecule has 0 saturated heterocycles. The molecule has 1 heterocycles. The summed E-state index contributed by atoms with van der Waals surface area (Å²) in [6.07, 6.45) is 1.64. The number of hydrogen-bond donors (Lipinski definition) is 0. The molecule has 0 fully saturated rings. The summed E-state index contributed by atoms with van der Waals surface area (Å²) < 4.78 is 0. The van der Waals surface area contributed by atoms with Gasteiger partial charge in [-0.05, 0) is 60.1 Å². The number of aromatic nitrogens is 1. The first-order chi connectivity index (χ1) is 5.83. The minimum atomic E-state index is 0.683. The number of rotatable bonds is 3. The highest BCUT2D eigenvalue weighted by molar-refractivity contribution is 8.24. The maximum atomic E-state index is 5.63. The molecule has 0 saturated carbocycles. The van der Waals surface area contributed by atoms with Crippen LogP contribution in [0.5, 0.6) is 0 Å². The fourth-order valence-electron chi connectivity index (χ4n) is 0.599. The third-order valence-electron chi connectivity index (χ3n) is 1.07. The third-order valence-corrected chi connectivity index (χ3v) is 4.26. The molecule has 0 amide bonds. The molecule has 1 aromatic rings. The van der Waals surface area contributed by atoms with E-state index < -0.39 is 0 Å². The van der Waals surface area contributed by atoms with Crippen molar-refractivity contribution in [2.75, 3.05) is 0 Å². The van der Waals surface area contributed by atoms with Crippen molar-refractivity contribution in [1.82, 2.24) is 4.98 Å². The Morgan fingerprint density at radius 3 is 2.33 bits per heavy atom. The highest BCUT2D eigenvalue weighted by atomic mass is 35.7. The van der Waals surface area contributed by atoms with Crippen LogP contribution >= 0.6 is 65.0 Å². The van der Waals surface area contributed by atoms with Crippen LogP contribution in [0.2, 0.25) is 0 Å². The summed E-state index contributed by atoms with van der Waals surface area (Å²) in [7, 11) is 20.0. The Labute approximate surface area is 96.4 Å². The van der Waals surface area contributed by atoms with Gasteiger partial charge in [0.25, 0.3) is 0 Å². The van der Waals surface area contributed by atoms with Gasteiger partial charge in [-0.1, -0.05) is 0 Å². The zero-order chi connectivity index (χ0) is 8.97. The molecule has 1 aromatic heterocycles. The lowest BCUT2D eigenvalue weighted by atomic mass is 10.5. The van der Waals surface area contributed by atoms with Crippen LogP contribution in [0.4, 0.5) is 0 Å². The summed E-state index contributed by atoms with van der Waals surface area (Å²) in [6.45, 7) is 0. The fourth-order valence-corrected chi connectivity index (χ4v) is 3.74. The lowest BCUT2D eigenvalue weighted by Gasteiger charge is -2.03. The summed E-state index contributed by atoms with van der Waals surface area (Å²) in [5.41, 5.74) is 0. The van der Waals surface area contributed by atoms with Crippen LogP contribution in [0.1, 0.15) is 0 Å². The summed E-state index contributed by atoms with van der Waals surface area (Å²) in [5.74, 6) is 0. The third kappa shape index (κ3) is 2.53. The molecule has 7 heteroatoms. The quantitative estimate of drug-likeness (QED) is 0.786. The van der Waals surface area contributed by atoms with Crippen molar-refractivity contribution in [1.29, 1.82) is 0 Å². The van der Waals surface area contributed by atoms with Crippen LogP contribution in [0.3, 0.4) is 0 Å². The molecule has 0 atom stereocenters. The number of nitrogens with zero attached hydrogens (tertiary/aromatic N) is 1. The van der Waals surface area contributed by atoms with Gasteiger partial charge in [0.1, 0.15) is 5.03 Å². The lowest BCUT2D eigenvalue weighted by Crippen LogP contribution is -1.82. The minimum Gasteiger partial charge on any atom is -0.247 e. The Morgan fingerprint density at radius 2 is 1.83 bits per heavy atom. The summed E-state index contributed by atoms with van der Waals surface area (Å²) in [4.78, 5) is 5.71. The molecular formula is C5H2Cl3NS3. The Balaban J connectivity index is 3.13. The van der Waals surface area contributed by atoms with E-state index in [4.69, 9.17) is 32.0 Å². The van der Waals surface area contributed by atoms with Gasteiger partial charge in [-0.2, -0.15) is 0 Å². The summed E-state index contributed by atoms with van der Waals surface area (Å²) in [5, 5.41) is 0.683. The molecule has 12 heavy (non-hydrogen) atoms. The van der Waals surface area contributed by atoms with E-state index in [1.54, 1.807) is 12.3 Å². The van der Waals surface area contributed by atoms with Crippen molar-refractivity contribution >= 4 is 65.0 Å². The zero-order valence-electron chi connectivity index (χ0n) is 5.46. The maximum absolute atomic E-state index is 5.63. The molecule has 0 aliphatic heterocycles. The van der Waals surface area contributed by atoms with Gasteiger partial charge in [-0.15, -0.1) is 0 Å². The molecule has 66 valence electrons. The first-order valence-electron chi connectivity index (χ1n) is 2.68. The minimum absolute atomic E-state index is 0.683. The Hall–Kier alpha value is 1.07. The topological polar surface area (TPSA) is 12.9 Å². The van der Waals surface area contributed by atoms with Crippen molar-refractivity contribution in [2.24, 2.45) is 0 Å². The number of pyridine rings is 1. The molecule has 1 nitrogen and oxygen atoms in total. The molecule has 0 aliphatic rings. The maximum Gasteiger partial charge on any atom is 0.127 e. The monoisotopic (exact) mass is 277 g/mol. The van der Waals surface area contributed by atoms with Crippen molar-refractivity contribution < 1.29 is 0 Å². The van der Waals surface area contributed by atoms with Gasteiger partial charge in [-0.25, -0.2) is 4.98 Å². The van der Waals surface area contributed by atoms with Crippen molar-refractivity contribution in [3.8, 4) is 0 Å². The van der Waals surface area contributed by atoms with Crippen LogP contribution in [-0.2, 0) is 0 Å². The van der Waals surface area contributed by atoms with Gasteiger partial charge in [0, 0.05) is 22.1 Å². The smallest absolute Gasteiger partial charge is 0.127 e. The normalized spacial score (nSPS) is 10.2. The highest BCUT2D eigenvalue weighted by Gasteiger charge is 2.09. The van der Waals surface area contributed by atoms with Gasteiger partial charge in [-0.3, -0.25) is 0 Å². The molecule has 1 rings (SSSR count). The Morgan fingerprint density at radius 1 is 1.08 bits per heavy atom. The van der Waals surface area contributed by atoms with Gasteiger partial charge >= 0.3 is 0 Å². The second-order valence-electron chi connectivity index (χ2n) is 1.67. The number of halogens is 3. The Kier molecular flexibility index (Phi) is 5.32. The van der Waals surface area contributed by atoms with Gasteiger partial charge in [0.2, 0.25) is 0 Å². The van der Waals surface area contributed by atoms with E-state index in [-0.39, 0.29) is 0 Å². The van der Waals surface area contributed by atoms with Crippen LogP contribution in [-0.4, -0.2) is 4.98 Å². The van der Waals surface area contributed by atoms with Crippen molar-refractivity contribution in [3.05, 3.63) is 12.3 Å². The molecule has 0 N–H and O–H groups in total. The van der Waals surface area contributed by atoms with E-state index in [1.807, 2.05) is 0 Å². The molecule has 0 unspecified atom stereocenters. The first kappa shape index (κ1) is 11.1. The van der Waals surface area contributed by atoms with E-state index in [0.29, 0.717) is 5.03 Å². The second kappa shape index (κ2) is 5.73. The largest absolute Gasteiger partial charge is 0.247 e. The van der Waals surface area contributed by atoms with E-state index in [1.165, 1.54) is 0 Å². The molecular weight excluding hydrogens is 277 g/mol. The summed E-state index contributed by atoms with van der Waals surface area (Å²) in [6, 6.07) is 1.79. The molecule has 0 aromatic carbocycles. The fraction of sp³-hybridized carbons (Fsp3) is 0. The SMILES string of the molecule is ClSc1ccnc(SCl)c1SCl. The standard InChI is InChI=1S/C5H2Cl3NS3/c6-10-3-1-2-9-5(12-8)4(3)11-7/h1-2H. The Bertz CT molecular complexity index is 248. The first-order valence-corrected chi connectivity index (χ1v) is 7.61. The second-order valence-corrected chi connectivity index (χ2v) is 4.76. The van der Waals surface area contributed by atoms with Crippen molar-refractivity contribution in [3.63, 3.8) is 0 Å². The summed E-state index contributed by atoms with van der Waals surface area (Å²) >= 11 is 0. The van der Waals surface area contributed by atoms with Crippen molar-refractivity contribution in [2.45, 2.75) is 14.8 Å². The van der Waals surface area contributed by atoms with Crippen LogP contribution < -0.4 is 0 Å². The van der Waals surface area contributed by atoms with Gasteiger partial charge < -0.3 is 0 Å². The number of hydrogen-bond acceptors (Lipinski definition) is 4. The van der Waals surface area contributed by atoms with Crippen LogP contribution in [0.25, 0.3) is 0 Å². The average Bonchev–Trinajstić information content (AvgIpc) is 2.16. The zero-order valence-corrected chi connectivity index (χ0v) is 10.2. The van der Waals surface area contributed by atoms with Gasteiger partial charge in [0.15, 0.2) is 0 Å². The molecule has 0 spiro atoms. The average molecular weight is 279 g/mol. The van der Waals surface area contributed by atoms with E-state index in [0.717, 1.165) is 42.7 Å². The van der Waals surface area contributed by atoms with E-state index in [2.05, 4.69) is 4.98 Å². The van der Waals surface area contributed by atoms with E-state index >= 15 is 0 Å². The molecule has 0 bridgehead atoms. The van der Waals surface area contributed by atoms with E-state index in [9.17, 15) is 0 Å². The predicted octanol–water partition coefficient (Wildman–Crippen LogP) is 4.82. The molecule has 0 aliphatic carbocycles. The van der Waals surface area contributed by atoms with Crippen LogP contribution in [0.15, 0.2) is 27.1 Å². The predicted molar refractivity (Wildman–Crippen MR) is 59.4 cm³/mol. The van der Waals surface area contributed by atoms with Gasteiger partial charge in [0.05, 0.1) is 4.90 Å². The lowest BCUT2D eigenvalue weighted by molar-refractivity contribution is 0.980. The molecule has 0 radical (unpaired) electrons. The van der Waals surface area contributed by atoms with Crippen LogP contribution in [0, 0.1) is 0 Å². The highest BCUT2D eigenvalue weighted by Crippen LogP contribution is 2.40.